The molecule has 4 bridgehead atoms. The molecule has 1 N–H and O–H groups in total. The van der Waals surface area contributed by atoms with Crippen molar-refractivity contribution >= 4 is 0 Å². The van der Waals surface area contributed by atoms with Crippen LogP contribution in [0.25, 0.3) is 0 Å². The lowest BCUT2D eigenvalue weighted by Gasteiger charge is -2.59. The van der Waals surface area contributed by atoms with Gasteiger partial charge < -0.3 is 5.32 Å². The van der Waals surface area contributed by atoms with Crippen molar-refractivity contribution in [2.24, 2.45) is 23.2 Å². The average molecular weight is 275 g/mol. The lowest BCUT2D eigenvalue weighted by Crippen LogP contribution is -2.55. The molecule has 4 aliphatic rings. The highest BCUT2D eigenvalue weighted by atomic mass is 19.4. The summed E-state index contributed by atoms with van der Waals surface area (Å²) in [4.78, 5) is 0. The third kappa shape index (κ3) is 2.65. The van der Waals surface area contributed by atoms with Gasteiger partial charge >= 0.3 is 6.18 Å². The summed E-state index contributed by atoms with van der Waals surface area (Å²) >= 11 is 0. The van der Waals surface area contributed by atoms with E-state index in [0.29, 0.717) is 0 Å². The SMILES string of the molecule is CNC(CCC(F)(F)F)C12CC3CC(CC(C3)C1)C2. The summed E-state index contributed by atoms with van der Waals surface area (Å²) in [6.07, 6.45) is 3.13. The van der Waals surface area contributed by atoms with Crippen LogP contribution < -0.4 is 5.32 Å². The van der Waals surface area contributed by atoms with E-state index in [1.807, 2.05) is 7.05 Å². The van der Waals surface area contributed by atoms with Gasteiger partial charge in [-0.1, -0.05) is 0 Å². The molecule has 4 aliphatic carbocycles. The molecule has 0 aromatic carbocycles. The van der Waals surface area contributed by atoms with E-state index >= 15 is 0 Å². The van der Waals surface area contributed by atoms with Gasteiger partial charge in [-0.2, -0.15) is 13.2 Å². The Bertz CT molecular complexity index is 301. The monoisotopic (exact) mass is 275 g/mol. The second-order valence-electron chi connectivity index (χ2n) is 7.28. The van der Waals surface area contributed by atoms with Gasteiger partial charge in [0.15, 0.2) is 0 Å². The Labute approximate surface area is 113 Å². The molecular formula is C15H24F3N. The number of hydrogen-bond donors (Lipinski definition) is 1. The standard InChI is InChI=1S/C15H24F3N/c1-19-13(2-3-15(16,17)18)14-7-10-4-11(8-14)6-12(5-10)9-14/h10-13,19H,2-9H2,1H3. The van der Waals surface area contributed by atoms with Gasteiger partial charge in [-0.25, -0.2) is 0 Å². The second-order valence-corrected chi connectivity index (χ2v) is 7.28. The third-order valence-electron chi connectivity index (χ3n) is 5.89. The second kappa shape index (κ2) is 4.64. The maximum Gasteiger partial charge on any atom is 0.389 e. The molecule has 0 spiro atoms. The highest BCUT2D eigenvalue weighted by Crippen LogP contribution is 2.61. The van der Waals surface area contributed by atoms with Crippen LogP contribution in [0.2, 0.25) is 0 Å². The Morgan fingerprint density at radius 2 is 1.53 bits per heavy atom. The van der Waals surface area contributed by atoms with Crippen LogP contribution in [0.1, 0.15) is 51.4 Å². The summed E-state index contributed by atoms with van der Waals surface area (Å²) in [6.45, 7) is 0. The smallest absolute Gasteiger partial charge is 0.316 e. The zero-order valence-corrected chi connectivity index (χ0v) is 11.6. The van der Waals surface area contributed by atoms with Crippen LogP contribution in [0.5, 0.6) is 0 Å². The first-order valence-electron chi connectivity index (χ1n) is 7.64. The largest absolute Gasteiger partial charge is 0.389 e. The maximum absolute atomic E-state index is 12.5. The zero-order chi connectivity index (χ0) is 13.7. The average Bonchev–Trinajstić information content (AvgIpc) is 2.25. The molecule has 4 fully saturated rings. The number of rotatable bonds is 4. The molecule has 0 aromatic rings. The van der Waals surface area contributed by atoms with E-state index in [2.05, 4.69) is 5.32 Å². The Kier molecular flexibility index (Phi) is 3.35. The van der Waals surface area contributed by atoms with Gasteiger partial charge in [0.25, 0.3) is 0 Å². The topological polar surface area (TPSA) is 12.0 Å². The van der Waals surface area contributed by atoms with Gasteiger partial charge in [0.1, 0.15) is 0 Å². The third-order valence-corrected chi connectivity index (χ3v) is 5.89. The van der Waals surface area contributed by atoms with Crippen LogP contribution in [0.15, 0.2) is 0 Å². The number of alkyl halides is 3. The summed E-state index contributed by atoms with van der Waals surface area (Å²) in [5.74, 6) is 2.40. The Morgan fingerprint density at radius 1 is 1.05 bits per heavy atom. The van der Waals surface area contributed by atoms with Crippen LogP contribution in [0.4, 0.5) is 13.2 Å². The number of hydrogen-bond acceptors (Lipinski definition) is 1. The van der Waals surface area contributed by atoms with Crippen molar-refractivity contribution in [3.05, 3.63) is 0 Å². The molecule has 1 atom stereocenters. The summed E-state index contributed by atoms with van der Waals surface area (Å²) in [7, 11) is 1.85. The van der Waals surface area contributed by atoms with Crippen molar-refractivity contribution in [2.75, 3.05) is 7.05 Å². The molecule has 0 aromatic heterocycles. The van der Waals surface area contributed by atoms with Crippen LogP contribution in [0.3, 0.4) is 0 Å². The first-order valence-corrected chi connectivity index (χ1v) is 7.64. The molecule has 0 heterocycles. The van der Waals surface area contributed by atoms with Gasteiger partial charge in [-0.15, -0.1) is 0 Å². The molecule has 0 aliphatic heterocycles. The van der Waals surface area contributed by atoms with E-state index < -0.39 is 12.6 Å². The van der Waals surface area contributed by atoms with Crippen molar-refractivity contribution in [3.8, 4) is 0 Å². The fourth-order valence-electron chi connectivity index (χ4n) is 5.67. The lowest BCUT2D eigenvalue weighted by atomic mass is 9.47. The van der Waals surface area contributed by atoms with E-state index in [-0.39, 0.29) is 17.9 Å². The van der Waals surface area contributed by atoms with E-state index in [4.69, 9.17) is 0 Å². The molecule has 0 radical (unpaired) electrons. The van der Waals surface area contributed by atoms with Crippen LogP contribution >= 0.6 is 0 Å². The van der Waals surface area contributed by atoms with E-state index in [9.17, 15) is 13.2 Å². The van der Waals surface area contributed by atoms with Crippen LogP contribution in [0, 0.1) is 23.2 Å². The molecule has 19 heavy (non-hydrogen) atoms. The molecule has 4 heteroatoms. The molecule has 0 amide bonds. The van der Waals surface area contributed by atoms with Gasteiger partial charge in [0, 0.05) is 12.5 Å². The fraction of sp³-hybridized carbons (Fsp3) is 1.00. The van der Waals surface area contributed by atoms with Crippen LogP contribution in [-0.4, -0.2) is 19.3 Å². The molecule has 0 saturated heterocycles. The summed E-state index contributed by atoms with van der Waals surface area (Å²) in [5, 5.41) is 3.23. The first-order chi connectivity index (χ1) is 8.90. The van der Waals surface area contributed by atoms with Gasteiger partial charge in [-0.05, 0) is 75.2 Å². The maximum atomic E-state index is 12.5. The molecule has 4 saturated carbocycles. The van der Waals surface area contributed by atoms with Crippen molar-refractivity contribution < 1.29 is 13.2 Å². The van der Waals surface area contributed by atoms with Gasteiger partial charge in [0.2, 0.25) is 0 Å². The normalized spacial score (nSPS) is 42.6. The van der Waals surface area contributed by atoms with Crippen molar-refractivity contribution in [3.63, 3.8) is 0 Å². The predicted molar refractivity (Wildman–Crippen MR) is 68.7 cm³/mol. The minimum atomic E-state index is -4.02. The lowest BCUT2D eigenvalue weighted by molar-refractivity contribution is -0.142. The molecule has 1 unspecified atom stereocenters. The van der Waals surface area contributed by atoms with Crippen molar-refractivity contribution in [1.82, 2.24) is 5.32 Å². The predicted octanol–water partition coefficient (Wildman–Crippen LogP) is 4.13. The highest BCUT2D eigenvalue weighted by Gasteiger charge is 2.54. The zero-order valence-electron chi connectivity index (χ0n) is 11.6. The summed E-state index contributed by atoms with van der Waals surface area (Å²) in [6, 6.07) is 0.0579. The number of halogens is 3. The quantitative estimate of drug-likeness (QED) is 0.813. The van der Waals surface area contributed by atoms with Gasteiger partial charge in [0.05, 0.1) is 0 Å². The van der Waals surface area contributed by atoms with E-state index in [0.717, 1.165) is 17.8 Å². The Balaban J connectivity index is 1.71. The Morgan fingerprint density at radius 3 is 1.89 bits per heavy atom. The van der Waals surface area contributed by atoms with E-state index in [1.54, 1.807) is 0 Å². The first kappa shape index (κ1) is 13.7. The minimum Gasteiger partial charge on any atom is -0.316 e. The Hall–Kier alpha value is -0.250. The molecule has 1 nitrogen and oxygen atoms in total. The summed E-state index contributed by atoms with van der Waals surface area (Å²) < 4.78 is 37.5. The minimum absolute atomic E-state index is 0.0579. The molecule has 4 rings (SSSR count). The molecule has 110 valence electrons. The summed E-state index contributed by atoms with van der Waals surface area (Å²) in [5.41, 5.74) is 0.175. The fourth-order valence-corrected chi connectivity index (χ4v) is 5.67. The van der Waals surface area contributed by atoms with Gasteiger partial charge in [-0.3, -0.25) is 0 Å². The van der Waals surface area contributed by atoms with Crippen LogP contribution in [-0.2, 0) is 0 Å². The molecular weight excluding hydrogens is 251 g/mol. The van der Waals surface area contributed by atoms with Crippen molar-refractivity contribution in [1.29, 1.82) is 0 Å². The van der Waals surface area contributed by atoms with E-state index in [1.165, 1.54) is 38.5 Å². The number of nitrogens with one attached hydrogen (secondary N) is 1. The highest BCUT2D eigenvalue weighted by molar-refractivity contribution is 5.05. The van der Waals surface area contributed by atoms with Crippen molar-refractivity contribution in [2.45, 2.75) is 63.6 Å².